The molecular weight excluding hydrogens is 442 g/mol. The van der Waals surface area contributed by atoms with Crippen LogP contribution in [-0.2, 0) is 4.79 Å². The lowest BCUT2D eigenvalue weighted by Gasteiger charge is -2.15. The summed E-state index contributed by atoms with van der Waals surface area (Å²) in [5.41, 5.74) is 1.87. The molecule has 0 aromatic heterocycles. The number of benzene rings is 2. The summed E-state index contributed by atoms with van der Waals surface area (Å²) in [5.74, 6) is 0.283. The second-order valence-electron chi connectivity index (χ2n) is 7.40. The Bertz CT molecular complexity index is 716. The molecule has 2 rings (SSSR count). The van der Waals surface area contributed by atoms with Gasteiger partial charge in [-0.3, -0.25) is 4.79 Å². The van der Waals surface area contributed by atoms with Crippen LogP contribution in [0.1, 0.15) is 73.1 Å². The van der Waals surface area contributed by atoms with E-state index in [1.165, 1.54) is 12.8 Å². The van der Waals surface area contributed by atoms with Gasteiger partial charge in [0.2, 0.25) is 5.91 Å². The van der Waals surface area contributed by atoms with Crippen LogP contribution in [0, 0.1) is 5.92 Å². The lowest BCUT2D eigenvalue weighted by molar-refractivity contribution is -0.120. The van der Waals surface area contributed by atoms with Gasteiger partial charge in [0, 0.05) is 35.9 Å². The second kappa shape index (κ2) is 25.2. The van der Waals surface area contributed by atoms with Gasteiger partial charge in [0.25, 0.3) is 0 Å². The topological polar surface area (TPSA) is 53.2 Å². The summed E-state index contributed by atoms with van der Waals surface area (Å²) < 4.78 is 0. The van der Waals surface area contributed by atoms with Gasteiger partial charge in [-0.15, -0.1) is 0 Å². The molecular formula is C29H48ClN3O. The number of hydrogen-bond acceptors (Lipinski definition) is 3. The van der Waals surface area contributed by atoms with Crippen molar-refractivity contribution in [3.63, 3.8) is 0 Å². The molecule has 34 heavy (non-hydrogen) atoms. The lowest BCUT2D eigenvalue weighted by Crippen LogP contribution is -2.22. The smallest absolute Gasteiger partial charge is 0.227 e. The summed E-state index contributed by atoms with van der Waals surface area (Å²) in [4.78, 5) is 12.2. The standard InChI is InChI=1S/C15H24N2O.C6H5Cl.C6H13N.C2H6/c1-4-7-12(8-5-2)15(18)17-14-10-6-9-13(11-14)16-3;7-6-4-2-1-3-5-6;1-3-5-6-7-4-2;1-2/h6,9-12,16H,4-5,7-8H2,1-3H3,(H,17,18);1-5H;4,7H,2-3,5-6H2,1H3;1-2H3. The number of anilines is 2. The largest absolute Gasteiger partial charge is 0.391 e. The highest BCUT2D eigenvalue weighted by Gasteiger charge is 2.16. The van der Waals surface area contributed by atoms with Crippen LogP contribution in [0.25, 0.3) is 0 Å². The van der Waals surface area contributed by atoms with Crippen LogP contribution in [0.3, 0.4) is 0 Å². The molecule has 0 saturated heterocycles. The van der Waals surface area contributed by atoms with E-state index >= 15 is 0 Å². The number of carbonyl (C=O) groups is 1. The third-order valence-corrected chi connectivity index (χ3v) is 4.87. The summed E-state index contributed by atoms with van der Waals surface area (Å²) in [6.07, 6.45) is 8.25. The van der Waals surface area contributed by atoms with Gasteiger partial charge in [-0.25, -0.2) is 0 Å². The van der Waals surface area contributed by atoms with E-state index in [1.807, 2.05) is 75.5 Å². The van der Waals surface area contributed by atoms with Crippen molar-refractivity contribution in [2.75, 3.05) is 24.2 Å². The van der Waals surface area contributed by atoms with Gasteiger partial charge in [-0.2, -0.15) is 0 Å². The summed E-state index contributed by atoms with van der Waals surface area (Å²) >= 11 is 5.54. The zero-order valence-corrected chi connectivity index (χ0v) is 23.0. The molecule has 0 heterocycles. The zero-order chi connectivity index (χ0) is 26.0. The third-order valence-electron chi connectivity index (χ3n) is 4.62. The van der Waals surface area contributed by atoms with E-state index in [0.29, 0.717) is 0 Å². The fraction of sp³-hybridized carbons (Fsp3) is 0.483. The summed E-state index contributed by atoms with van der Waals surface area (Å²) in [5, 5.41) is 9.88. The number of halogens is 1. The van der Waals surface area contributed by atoms with Gasteiger partial charge in [0.1, 0.15) is 0 Å². The second-order valence-corrected chi connectivity index (χ2v) is 7.84. The number of amides is 1. The van der Waals surface area contributed by atoms with Crippen LogP contribution in [0.4, 0.5) is 11.4 Å². The van der Waals surface area contributed by atoms with Crippen LogP contribution in [-0.4, -0.2) is 19.5 Å². The van der Waals surface area contributed by atoms with Crippen molar-refractivity contribution < 1.29 is 4.79 Å². The maximum atomic E-state index is 12.2. The number of nitrogens with one attached hydrogen (secondary N) is 3. The zero-order valence-electron chi connectivity index (χ0n) is 22.3. The molecule has 2 aromatic rings. The van der Waals surface area contributed by atoms with Crippen molar-refractivity contribution in [3.05, 3.63) is 72.4 Å². The van der Waals surface area contributed by atoms with Crippen LogP contribution in [0.2, 0.25) is 5.02 Å². The first-order valence-corrected chi connectivity index (χ1v) is 13.0. The Morgan fingerprint density at radius 3 is 1.97 bits per heavy atom. The first-order chi connectivity index (χ1) is 16.5. The average molecular weight is 490 g/mol. The SMILES string of the molecule is C=CNCCCC.CC.CCCC(CCC)C(=O)Nc1cccc(NC)c1.Clc1ccccc1. The first-order valence-electron chi connectivity index (χ1n) is 12.7. The van der Waals surface area contributed by atoms with Crippen LogP contribution in [0.5, 0.6) is 0 Å². The number of rotatable bonds is 11. The van der Waals surface area contributed by atoms with Crippen molar-refractivity contribution in [1.29, 1.82) is 0 Å². The Labute approximate surface area is 214 Å². The number of hydrogen-bond donors (Lipinski definition) is 3. The Morgan fingerprint density at radius 1 is 0.941 bits per heavy atom. The third kappa shape index (κ3) is 19.0. The van der Waals surface area contributed by atoms with Crippen molar-refractivity contribution in [2.24, 2.45) is 5.92 Å². The van der Waals surface area contributed by atoms with Gasteiger partial charge in [-0.05, 0) is 55.8 Å². The normalized spacial score (nSPS) is 9.18. The summed E-state index contributed by atoms with van der Waals surface area (Å²) in [7, 11) is 1.87. The molecule has 3 N–H and O–H groups in total. The Morgan fingerprint density at radius 2 is 1.53 bits per heavy atom. The van der Waals surface area contributed by atoms with Gasteiger partial charge in [-0.1, -0.05) is 96.3 Å². The molecule has 0 saturated carbocycles. The van der Waals surface area contributed by atoms with E-state index in [0.717, 1.165) is 48.6 Å². The number of unbranched alkanes of at least 4 members (excludes halogenated alkanes) is 1. The molecule has 0 atom stereocenters. The highest BCUT2D eigenvalue weighted by atomic mass is 35.5. The molecule has 2 aromatic carbocycles. The van der Waals surface area contributed by atoms with E-state index in [2.05, 4.69) is 43.3 Å². The van der Waals surface area contributed by atoms with Crippen molar-refractivity contribution in [3.8, 4) is 0 Å². The maximum absolute atomic E-state index is 12.2. The fourth-order valence-electron chi connectivity index (χ4n) is 2.90. The quantitative estimate of drug-likeness (QED) is 0.276. The Hall–Kier alpha value is -2.46. The maximum Gasteiger partial charge on any atom is 0.227 e. The molecule has 0 unspecified atom stereocenters. The highest BCUT2D eigenvalue weighted by molar-refractivity contribution is 6.30. The minimum Gasteiger partial charge on any atom is -0.391 e. The monoisotopic (exact) mass is 489 g/mol. The molecule has 0 fully saturated rings. The fourth-order valence-corrected chi connectivity index (χ4v) is 3.04. The minimum absolute atomic E-state index is 0.137. The van der Waals surface area contributed by atoms with Gasteiger partial charge in [0.05, 0.1) is 0 Å². The molecule has 0 radical (unpaired) electrons. The van der Waals surface area contributed by atoms with Crippen LogP contribution >= 0.6 is 11.6 Å². The molecule has 1 amide bonds. The highest BCUT2D eigenvalue weighted by Crippen LogP contribution is 2.19. The molecule has 0 spiro atoms. The minimum atomic E-state index is 0.137. The number of carbonyl (C=O) groups excluding carboxylic acids is 1. The Balaban J connectivity index is 0. The molecule has 192 valence electrons. The molecule has 0 aliphatic carbocycles. The molecule has 0 aliphatic rings. The lowest BCUT2D eigenvalue weighted by atomic mass is 9.97. The average Bonchev–Trinajstić information content (AvgIpc) is 2.87. The predicted octanol–water partition coefficient (Wildman–Crippen LogP) is 8.77. The van der Waals surface area contributed by atoms with E-state index in [1.54, 1.807) is 6.20 Å². The molecule has 0 bridgehead atoms. The molecule has 5 heteroatoms. The van der Waals surface area contributed by atoms with Crippen LogP contribution in [0.15, 0.2) is 67.4 Å². The van der Waals surface area contributed by atoms with Crippen molar-refractivity contribution >= 4 is 28.9 Å². The molecule has 0 aliphatic heterocycles. The van der Waals surface area contributed by atoms with Gasteiger partial charge >= 0.3 is 0 Å². The van der Waals surface area contributed by atoms with E-state index in [4.69, 9.17) is 11.6 Å². The molecule has 4 nitrogen and oxygen atoms in total. The van der Waals surface area contributed by atoms with Gasteiger partial charge in [0.15, 0.2) is 0 Å². The summed E-state index contributed by atoms with van der Waals surface area (Å²) in [6.45, 7) is 15.0. The Kier molecular flexibility index (Phi) is 25.0. The first kappa shape index (κ1) is 33.7. The summed E-state index contributed by atoms with van der Waals surface area (Å²) in [6, 6.07) is 17.2. The van der Waals surface area contributed by atoms with Crippen molar-refractivity contribution in [1.82, 2.24) is 5.32 Å². The van der Waals surface area contributed by atoms with Crippen LogP contribution < -0.4 is 16.0 Å². The van der Waals surface area contributed by atoms with Crippen molar-refractivity contribution in [2.45, 2.75) is 73.1 Å². The van der Waals surface area contributed by atoms with E-state index in [-0.39, 0.29) is 11.8 Å². The predicted molar refractivity (Wildman–Crippen MR) is 154 cm³/mol. The van der Waals surface area contributed by atoms with Gasteiger partial charge < -0.3 is 16.0 Å². The van der Waals surface area contributed by atoms with E-state index < -0.39 is 0 Å². The van der Waals surface area contributed by atoms with E-state index in [9.17, 15) is 4.79 Å².